The van der Waals surface area contributed by atoms with Gasteiger partial charge in [0.1, 0.15) is 0 Å². The molecule has 0 aromatic heterocycles. The third-order valence-electron chi connectivity index (χ3n) is 5.66. The lowest BCUT2D eigenvalue weighted by molar-refractivity contribution is 0.751. The van der Waals surface area contributed by atoms with E-state index in [1.807, 2.05) is 12.2 Å². The molecule has 0 saturated carbocycles. The highest BCUT2D eigenvalue weighted by atomic mass is 14.9. The van der Waals surface area contributed by atoms with Crippen LogP contribution in [0.5, 0.6) is 0 Å². The summed E-state index contributed by atoms with van der Waals surface area (Å²) in [5.74, 6) is 0. The van der Waals surface area contributed by atoms with E-state index in [1.54, 1.807) is 0 Å². The van der Waals surface area contributed by atoms with Gasteiger partial charge in [0.2, 0.25) is 0 Å². The molecule has 0 fully saturated rings. The fourth-order valence-electron chi connectivity index (χ4n) is 4.72. The molecule has 1 aliphatic carbocycles. The highest BCUT2D eigenvalue weighted by molar-refractivity contribution is 5.90. The van der Waals surface area contributed by atoms with Crippen LogP contribution in [-0.4, -0.2) is 0 Å². The smallest absolute Gasteiger partial charge is 0.0753 e. The fraction of sp³-hybridized carbons (Fsp3) is 0.0400. The number of fused-ring (bicyclic) bond motifs is 7. The predicted octanol–water partition coefficient (Wildman–Crippen LogP) is 6.30. The largest absolute Gasteiger partial charge is 0.355 e. The molecule has 0 unspecified atom stereocenters. The summed E-state index contributed by atoms with van der Waals surface area (Å²) in [5.41, 5.74) is 9.41. The Labute approximate surface area is 155 Å². The van der Waals surface area contributed by atoms with Crippen LogP contribution in [0.4, 0.5) is 5.69 Å². The van der Waals surface area contributed by atoms with Gasteiger partial charge in [-0.05, 0) is 45.5 Å². The molecule has 1 heterocycles. The summed E-state index contributed by atoms with van der Waals surface area (Å²) in [4.78, 5) is 0. The maximum Gasteiger partial charge on any atom is 0.0753 e. The van der Waals surface area contributed by atoms with Crippen LogP contribution in [0.1, 0.15) is 18.1 Å². The number of hydrogen-bond donors (Lipinski definition) is 1. The van der Waals surface area contributed by atoms with Crippen molar-refractivity contribution in [3.8, 4) is 11.1 Å². The van der Waals surface area contributed by atoms with E-state index in [2.05, 4.69) is 91.3 Å². The Kier molecular flexibility index (Phi) is 3.07. The first-order valence-electron chi connectivity index (χ1n) is 8.88. The Morgan fingerprint density at radius 3 is 1.81 bits per heavy atom. The van der Waals surface area contributed by atoms with Crippen molar-refractivity contribution in [3.63, 3.8) is 0 Å². The molecular formula is C25H21N. The minimum absolute atomic E-state index is 0. The van der Waals surface area contributed by atoms with Crippen molar-refractivity contribution in [3.05, 3.63) is 126 Å². The molecule has 0 saturated heterocycles. The Morgan fingerprint density at radius 2 is 1.23 bits per heavy atom. The fourth-order valence-corrected chi connectivity index (χ4v) is 4.72. The molecule has 0 bridgehead atoms. The number of anilines is 1. The molecule has 1 N–H and O–H groups in total. The number of rotatable bonds is 2. The van der Waals surface area contributed by atoms with Crippen LogP contribution in [0, 0.1) is 0 Å². The number of hydrogen-bond acceptors (Lipinski definition) is 1. The van der Waals surface area contributed by atoms with Gasteiger partial charge < -0.3 is 5.32 Å². The van der Waals surface area contributed by atoms with Crippen molar-refractivity contribution in [2.24, 2.45) is 0 Å². The Morgan fingerprint density at radius 1 is 0.692 bits per heavy atom. The van der Waals surface area contributed by atoms with E-state index >= 15 is 0 Å². The van der Waals surface area contributed by atoms with Gasteiger partial charge in [-0.3, -0.25) is 0 Å². The molecule has 126 valence electrons. The topological polar surface area (TPSA) is 12.0 Å². The average Bonchev–Trinajstić information content (AvgIpc) is 3.00. The van der Waals surface area contributed by atoms with Gasteiger partial charge in [0.25, 0.3) is 0 Å². The summed E-state index contributed by atoms with van der Waals surface area (Å²) in [6.45, 7) is 8.23. The predicted molar refractivity (Wildman–Crippen MR) is 111 cm³/mol. The van der Waals surface area contributed by atoms with Crippen molar-refractivity contribution < 1.29 is 1.43 Å². The summed E-state index contributed by atoms with van der Waals surface area (Å²) in [6.07, 6.45) is 3.89. The zero-order chi connectivity index (χ0) is 17.7. The van der Waals surface area contributed by atoms with Crippen molar-refractivity contribution in [1.82, 2.24) is 0 Å². The summed E-state index contributed by atoms with van der Waals surface area (Å²) >= 11 is 0. The van der Waals surface area contributed by atoms with E-state index in [1.165, 1.54) is 27.8 Å². The highest BCUT2D eigenvalue weighted by Gasteiger charge is 2.49. The lowest BCUT2D eigenvalue weighted by Crippen LogP contribution is -2.34. The van der Waals surface area contributed by atoms with Gasteiger partial charge >= 0.3 is 0 Å². The van der Waals surface area contributed by atoms with Crippen LogP contribution >= 0.6 is 0 Å². The average molecular weight is 335 g/mol. The molecule has 3 aromatic carbocycles. The normalized spacial score (nSPS) is 15.7. The summed E-state index contributed by atoms with van der Waals surface area (Å²) in [7, 11) is 0. The SMILES string of the molecule is C=CC1=C(C=C)C2(c3ccccc3N1)c1ccccc1-c1ccccc12.[HH]. The molecule has 0 atom stereocenters. The second-order valence-corrected chi connectivity index (χ2v) is 6.75. The van der Waals surface area contributed by atoms with Crippen molar-refractivity contribution in [2.45, 2.75) is 5.41 Å². The Bertz CT molecular complexity index is 1060. The molecule has 3 aromatic rings. The monoisotopic (exact) mass is 335 g/mol. The van der Waals surface area contributed by atoms with E-state index in [0.29, 0.717) is 0 Å². The number of allylic oxidation sites excluding steroid dienone is 3. The number of benzene rings is 3. The first kappa shape index (κ1) is 15.0. The van der Waals surface area contributed by atoms with Crippen LogP contribution < -0.4 is 5.32 Å². The van der Waals surface area contributed by atoms with Gasteiger partial charge in [0.15, 0.2) is 0 Å². The van der Waals surface area contributed by atoms with E-state index in [-0.39, 0.29) is 6.84 Å². The van der Waals surface area contributed by atoms with E-state index in [4.69, 9.17) is 0 Å². The van der Waals surface area contributed by atoms with Gasteiger partial charge in [-0.15, -0.1) is 0 Å². The van der Waals surface area contributed by atoms with E-state index < -0.39 is 0 Å². The molecule has 0 radical (unpaired) electrons. The van der Waals surface area contributed by atoms with Crippen LogP contribution in [0.25, 0.3) is 11.1 Å². The standard InChI is InChI=1S/C25H19N.H2/c1-3-19-23(4-2)26-24-16-10-9-15-22(24)25(19)20-13-7-5-11-17(20)18-12-6-8-14-21(18)25;/h3-16,26H,1-2H2;1H. The second-order valence-electron chi connectivity index (χ2n) is 6.75. The van der Waals surface area contributed by atoms with Crippen molar-refractivity contribution in [1.29, 1.82) is 0 Å². The highest BCUT2D eigenvalue weighted by Crippen LogP contribution is 2.59. The van der Waals surface area contributed by atoms with Gasteiger partial charge in [-0.1, -0.05) is 86.0 Å². The third-order valence-corrected chi connectivity index (χ3v) is 5.66. The molecule has 2 aliphatic rings. The number of nitrogens with one attached hydrogen (secondary N) is 1. The summed E-state index contributed by atoms with van der Waals surface area (Å²) in [6, 6.07) is 26.0. The first-order chi connectivity index (χ1) is 12.8. The van der Waals surface area contributed by atoms with Crippen LogP contribution in [-0.2, 0) is 5.41 Å². The van der Waals surface area contributed by atoms with E-state index in [9.17, 15) is 0 Å². The molecular weight excluding hydrogens is 314 g/mol. The van der Waals surface area contributed by atoms with Gasteiger partial charge in [-0.25, -0.2) is 0 Å². The quantitative estimate of drug-likeness (QED) is 0.579. The maximum absolute atomic E-state index is 4.17. The molecule has 1 spiro atoms. The minimum atomic E-state index is -0.361. The lowest BCUT2D eigenvalue weighted by atomic mass is 9.64. The molecule has 0 amide bonds. The van der Waals surface area contributed by atoms with Crippen LogP contribution in [0.3, 0.4) is 0 Å². The maximum atomic E-state index is 4.17. The van der Waals surface area contributed by atoms with Gasteiger partial charge in [-0.2, -0.15) is 0 Å². The third kappa shape index (κ3) is 1.65. The Balaban J connectivity index is 0.00000180. The van der Waals surface area contributed by atoms with Crippen molar-refractivity contribution in [2.75, 3.05) is 5.32 Å². The van der Waals surface area contributed by atoms with Gasteiger partial charge in [0, 0.05) is 12.8 Å². The Hall–Kier alpha value is -3.32. The minimum Gasteiger partial charge on any atom is -0.355 e. The molecule has 26 heavy (non-hydrogen) atoms. The van der Waals surface area contributed by atoms with Crippen molar-refractivity contribution >= 4 is 5.69 Å². The first-order valence-corrected chi connectivity index (χ1v) is 8.88. The molecule has 1 aliphatic heterocycles. The summed E-state index contributed by atoms with van der Waals surface area (Å²) < 4.78 is 0. The zero-order valence-electron chi connectivity index (χ0n) is 14.5. The summed E-state index contributed by atoms with van der Waals surface area (Å²) in [5, 5.41) is 3.55. The molecule has 1 nitrogen and oxygen atoms in total. The molecule has 1 heteroatoms. The van der Waals surface area contributed by atoms with Crippen LogP contribution in [0.2, 0.25) is 0 Å². The lowest BCUT2D eigenvalue weighted by Gasteiger charge is -2.40. The van der Waals surface area contributed by atoms with E-state index in [0.717, 1.165) is 17.0 Å². The zero-order valence-corrected chi connectivity index (χ0v) is 14.5. The molecule has 5 rings (SSSR count). The van der Waals surface area contributed by atoms with Crippen LogP contribution in [0.15, 0.2) is 109 Å². The second kappa shape index (κ2) is 5.34. The number of para-hydroxylation sites is 1. The van der Waals surface area contributed by atoms with Gasteiger partial charge in [0.05, 0.1) is 5.41 Å².